The molecule has 0 atom stereocenters. The van der Waals surface area contributed by atoms with Crippen molar-refractivity contribution in [3.8, 4) is 0 Å². The number of esters is 1. The summed E-state index contributed by atoms with van der Waals surface area (Å²) in [4.78, 5) is 23.6. The number of rotatable bonds is 4. The minimum atomic E-state index is -0.500. The third-order valence-corrected chi connectivity index (χ3v) is 3.57. The van der Waals surface area contributed by atoms with Crippen LogP contribution < -0.4 is 10.6 Å². The molecule has 2 N–H and O–H groups in total. The van der Waals surface area contributed by atoms with Crippen molar-refractivity contribution in [2.45, 2.75) is 0 Å². The van der Waals surface area contributed by atoms with Gasteiger partial charge in [0.1, 0.15) is 0 Å². The quantitative estimate of drug-likeness (QED) is 0.485. The molecule has 0 bridgehead atoms. The van der Waals surface area contributed by atoms with Gasteiger partial charge in [-0.2, -0.15) is 0 Å². The van der Waals surface area contributed by atoms with Gasteiger partial charge in [0.2, 0.25) is 5.91 Å². The second-order valence-corrected chi connectivity index (χ2v) is 5.71. The average molecular weight is 375 g/mol. The molecule has 2 rings (SSSR count). The van der Waals surface area contributed by atoms with Crippen molar-refractivity contribution in [1.29, 1.82) is 0 Å². The van der Waals surface area contributed by atoms with Crippen molar-refractivity contribution in [2.24, 2.45) is 0 Å². The molecule has 0 saturated heterocycles. The second-order valence-electron chi connectivity index (χ2n) is 4.87. The summed E-state index contributed by atoms with van der Waals surface area (Å²) in [5.74, 6) is -0.900. The number of halogens is 1. The number of amides is 1. The summed E-state index contributed by atoms with van der Waals surface area (Å²) in [5.41, 5.74) is 1.59. The van der Waals surface area contributed by atoms with Gasteiger partial charge in [-0.3, -0.25) is 10.1 Å². The molecule has 0 heterocycles. The smallest absolute Gasteiger partial charge is 0.339 e. The van der Waals surface area contributed by atoms with E-state index >= 15 is 0 Å². The molecule has 0 aliphatic heterocycles. The van der Waals surface area contributed by atoms with Crippen LogP contribution in [0.25, 0.3) is 6.08 Å². The Balaban J connectivity index is 1.97. The number of benzene rings is 2. The maximum atomic E-state index is 11.9. The number of anilines is 1. The highest BCUT2D eigenvalue weighted by Gasteiger charge is 2.12. The molecular formula is C18H15ClN2O3S. The van der Waals surface area contributed by atoms with Crippen molar-refractivity contribution in [1.82, 2.24) is 5.32 Å². The lowest BCUT2D eigenvalue weighted by atomic mass is 10.2. The fourth-order valence-corrected chi connectivity index (χ4v) is 2.27. The first-order valence-corrected chi connectivity index (χ1v) is 8.01. The summed E-state index contributed by atoms with van der Waals surface area (Å²) in [5, 5.41) is 6.01. The lowest BCUT2D eigenvalue weighted by Crippen LogP contribution is -2.33. The predicted molar refractivity (Wildman–Crippen MR) is 103 cm³/mol. The van der Waals surface area contributed by atoms with Gasteiger partial charge in [-0.25, -0.2) is 4.79 Å². The molecule has 0 aromatic heterocycles. The third kappa shape index (κ3) is 5.70. The molecule has 2 aromatic carbocycles. The van der Waals surface area contributed by atoms with Crippen LogP contribution in [0.3, 0.4) is 0 Å². The number of nitrogens with one attached hydrogen (secondary N) is 2. The Kier molecular flexibility index (Phi) is 6.68. The second kappa shape index (κ2) is 8.96. The van der Waals surface area contributed by atoms with Crippen LogP contribution in [-0.4, -0.2) is 24.1 Å². The molecule has 0 fully saturated rings. The first kappa shape index (κ1) is 18.6. The fraction of sp³-hybridized carbons (Fsp3) is 0.0556. The lowest BCUT2D eigenvalue weighted by molar-refractivity contribution is -0.115. The number of carbonyl (C=O) groups is 2. The SMILES string of the molecule is COC(=O)c1ccccc1NC(=S)NC(=O)/C=C/c1ccc(Cl)cc1. The zero-order valence-corrected chi connectivity index (χ0v) is 14.9. The molecule has 0 aliphatic carbocycles. The van der Waals surface area contributed by atoms with Gasteiger partial charge in [0.15, 0.2) is 5.11 Å². The Morgan fingerprint density at radius 3 is 2.48 bits per heavy atom. The summed E-state index contributed by atoms with van der Waals surface area (Å²) in [7, 11) is 1.29. The Bertz CT molecular complexity index is 819. The molecule has 2 aromatic rings. The molecule has 0 spiro atoms. The van der Waals surface area contributed by atoms with Crippen LogP contribution in [0.1, 0.15) is 15.9 Å². The maximum Gasteiger partial charge on any atom is 0.339 e. The molecule has 0 unspecified atom stereocenters. The van der Waals surface area contributed by atoms with E-state index in [1.165, 1.54) is 13.2 Å². The van der Waals surface area contributed by atoms with Gasteiger partial charge in [0, 0.05) is 11.1 Å². The topological polar surface area (TPSA) is 67.4 Å². The zero-order valence-electron chi connectivity index (χ0n) is 13.3. The van der Waals surface area contributed by atoms with E-state index in [0.717, 1.165) is 5.56 Å². The van der Waals surface area contributed by atoms with E-state index in [9.17, 15) is 9.59 Å². The number of ether oxygens (including phenoxy) is 1. The van der Waals surface area contributed by atoms with Gasteiger partial charge >= 0.3 is 5.97 Å². The molecule has 0 radical (unpaired) electrons. The molecule has 5 nitrogen and oxygen atoms in total. The van der Waals surface area contributed by atoms with Crippen LogP contribution in [0.2, 0.25) is 5.02 Å². The summed E-state index contributed by atoms with van der Waals surface area (Å²) >= 11 is 10.9. The maximum absolute atomic E-state index is 11.9. The Hall–Kier alpha value is -2.70. The molecular weight excluding hydrogens is 360 g/mol. The van der Waals surface area contributed by atoms with Gasteiger partial charge in [-0.1, -0.05) is 35.9 Å². The van der Waals surface area contributed by atoms with Gasteiger partial charge in [-0.15, -0.1) is 0 Å². The van der Waals surface area contributed by atoms with Crippen LogP contribution in [-0.2, 0) is 9.53 Å². The highest BCUT2D eigenvalue weighted by molar-refractivity contribution is 7.80. The number of para-hydroxylation sites is 1. The zero-order chi connectivity index (χ0) is 18.2. The third-order valence-electron chi connectivity index (χ3n) is 3.11. The molecule has 25 heavy (non-hydrogen) atoms. The van der Waals surface area contributed by atoms with E-state index in [2.05, 4.69) is 10.6 Å². The Morgan fingerprint density at radius 2 is 1.80 bits per heavy atom. The monoisotopic (exact) mass is 374 g/mol. The summed E-state index contributed by atoms with van der Waals surface area (Å²) < 4.78 is 4.71. The highest BCUT2D eigenvalue weighted by Crippen LogP contribution is 2.16. The number of methoxy groups -OCH3 is 1. The molecule has 128 valence electrons. The first-order valence-electron chi connectivity index (χ1n) is 7.22. The van der Waals surface area contributed by atoms with E-state index in [1.54, 1.807) is 54.6 Å². The van der Waals surface area contributed by atoms with Crippen molar-refractivity contribution in [2.75, 3.05) is 12.4 Å². The molecule has 7 heteroatoms. The Labute approximate surface area is 155 Å². The summed E-state index contributed by atoms with van der Waals surface area (Å²) in [6.07, 6.45) is 2.99. The Morgan fingerprint density at radius 1 is 1.12 bits per heavy atom. The van der Waals surface area contributed by atoms with E-state index in [-0.39, 0.29) is 5.11 Å². The standard InChI is InChI=1S/C18H15ClN2O3S/c1-24-17(23)14-4-2-3-5-15(14)20-18(25)21-16(22)11-8-12-6-9-13(19)10-7-12/h2-11H,1H3,(H2,20,21,22,25)/b11-8+. The minimum absolute atomic E-state index is 0.0714. The van der Waals surface area contributed by atoms with Gasteiger partial charge in [0.25, 0.3) is 0 Å². The van der Waals surface area contributed by atoms with Gasteiger partial charge in [-0.05, 0) is 48.1 Å². The summed E-state index contributed by atoms with van der Waals surface area (Å²) in [6, 6.07) is 13.7. The lowest BCUT2D eigenvalue weighted by Gasteiger charge is -2.11. The predicted octanol–water partition coefficient (Wildman–Crippen LogP) is 3.65. The van der Waals surface area contributed by atoms with Crippen LogP contribution in [0, 0.1) is 0 Å². The molecule has 0 aliphatic rings. The van der Waals surface area contributed by atoms with Crippen molar-refractivity contribution in [3.63, 3.8) is 0 Å². The largest absolute Gasteiger partial charge is 0.465 e. The first-order chi connectivity index (χ1) is 12.0. The number of hydrogen-bond acceptors (Lipinski definition) is 4. The van der Waals surface area contributed by atoms with Crippen LogP contribution in [0.15, 0.2) is 54.6 Å². The van der Waals surface area contributed by atoms with E-state index in [0.29, 0.717) is 16.3 Å². The number of hydrogen-bond donors (Lipinski definition) is 2. The van der Waals surface area contributed by atoms with E-state index in [4.69, 9.17) is 28.6 Å². The number of thiocarbonyl (C=S) groups is 1. The van der Waals surface area contributed by atoms with Gasteiger partial charge < -0.3 is 10.1 Å². The van der Waals surface area contributed by atoms with Crippen molar-refractivity contribution in [3.05, 3.63) is 70.8 Å². The van der Waals surface area contributed by atoms with Crippen molar-refractivity contribution >= 4 is 52.6 Å². The summed E-state index contributed by atoms with van der Waals surface area (Å²) in [6.45, 7) is 0. The minimum Gasteiger partial charge on any atom is -0.465 e. The van der Waals surface area contributed by atoms with E-state index in [1.807, 2.05) is 0 Å². The normalized spacial score (nSPS) is 10.3. The molecule has 0 saturated carbocycles. The fourth-order valence-electron chi connectivity index (χ4n) is 1.93. The van der Waals surface area contributed by atoms with Crippen molar-refractivity contribution < 1.29 is 14.3 Å². The molecule has 1 amide bonds. The van der Waals surface area contributed by atoms with Crippen LogP contribution in [0.4, 0.5) is 5.69 Å². The highest BCUT2D eigenvalue weighted by atomic mass is 35.5. The number of carbonyl (C=O) groups excluding carboxylic acids is 2. The average Bonchev–Trinajstić information content (AvgIpc) is 2.61. The van der Waals surface area contributed by atoms with Crippen LogP contribution >= 0.6 is 23.8 Å². The van der Waals surface area contributed by atoms with E-state index < -0.39 is 11.9 Å². The van der Waals surface area contributed by atoms with Crippen LogP contribution in [0.5, 0.6) is 0 Å². The van der Waals surface area contributed by atoms with Gasteiger partial charge in [0.05, 0.1) is 18.4 Å².